The molecule has 42 heavy (non-hydrogen) atoms. The summed E-state index contributed by atoms with van der Waals surface area (Å²) in [4.78, 5) is 17.7. The number of fused-ring (bicyclic) bond motifs is 4. The molecule has 0 saturated heterocycles. The van der Waals surface area contributed by atoms with Crippen molar-refractivity contribution < 1.29 is 23.8 Å². The lowest BCUT2D eigenvalue weighted by Gasteiger charge is -2.25. The van der Waals surface area contributed by atoms with E-state index in [0.717, 1.165) is 29.7 Å². The predicted octanol–water partition coefficient (Wildman–Crippen LogP) is 5.51. The smallest absolute Gasteiger partial charge is 0.251 e. The van der Waals surface area contributed by atoms with Gasteiger partial charge in [0.25, 0.3) is 5.91 Å². The third-order valence-corrected chi connectivity index (χ3v) is 7.40. The maximum absolute atomic E-state index is 13.7. The number of ether oxygens (including phenoxy) is 2. The Bertz CT molecular complexity index is 1450. The molecule has 0 radical (unpaired) electrons. The van der Waals surface area contributed by atoms with Gasteiger partial charge in [0.2, 0.25) is 0 Å². The van der Waals surface area contributed by atoms with Gasteiger partial charge in [0.15, 0.2) is 12.2 Å². The highest BCUT2D eigenvalue weighted by Gasteiger charge is 2.24. The standard InChI is InChI=1S/C34H39N3O5/c1-23(2)26-9-5-8-25(13-26)19-35-20-32(38)31-15-24-7-6-10-29(14-24)40-11-3-4-12-41-30-17-27(33-21-36-22-42-33)16-28(18-30)34(39)37-31/h5-10,13-14,16-18,21-23,31-32,35,38H,3-4,11-12,15,19-20H2,1-2H3,(H,37,39)/t31-,32+/m0/s1. The molecular weight excluding hydrogens is 530 g/mol. The Morgan fingerprint density at radius 2 is 1.76 bits per heavy atom. The summed E-state index contributed by atoms with van der Waals surface area (Å²) < 4.78 is 17.5. The molecule has 3 N–H and O–H groups in total. The maximum Gasteiger partial charge on any atom is 0.251 e. The van der Waals surface area contributed by atoms with Crippen molar-refractivity contribution in [1.29, 1.82) is 0 Å². The Balaban J connectivity index is 1.37. The Hall–Kier alpha value is -4.14. The summed E-state index contributed by atoms with van der Waals surface area (Å²) >= 11 is 0. The molecule has 1 aliphatic rings. The number of aromatic nitrogens is 1. The number of amides is 1. The summed E-state index contributed by atoms with van der Waals surface area (Å²) in [6, 6.07) is 21.0. The second-order valence-electron chi connectivity index (χ2n) is 11.0. The van der Waals surface area contributed by atoms with Crippen molar-refractivity contribution in [3.8, 4) is 22.8 Å². The van der Waals surface area contributed by atoms with Crippen LogP contribution < -0.4 is 20.1 Å². The number of oxazole rings is 1. The molecule has 0 saturated carbocycles. The largest absolute Gasteiger partial charge is 0.494 e. The number of carbonyl (C=O) groups excluding carboxylic acids is 1. The van der Waals surface area contributed by atoms with Crippen LogP contribution in [0.5, 0.6) is 11.5 Å². The number of hydrogen-bond acceptors (Lipinski definition) is 7. The second-order valence-corrected chi connectivity index (χ2v) is 11.0. The minimum Gasteiger partial charge on any atom is -0.494 e. The highest BCUT2D eigenvalue weighted by Crippen LogP contribution is 2.27. The molecule has 0 spiro atoms. The van der Waals surface area contributed by atoms with E-state index in [1.54, 1.807) is 18.3 Å². The first-order valence-electron chi connectivity index (χ1n) is 14.6. The van der Waals surface area contributed by atoms with Crippen LogP contribution in [0.2, 0.25) is 0 Å². The number of benzene rings is 3. The summed E-state index contributed by atoms with van der Waals surface area (Å²) in [5.74, 6) is 2.00. The molecule has 3 aromatic carbocycles. The van der Waals surface area contributed by atoms with Crippen LogP contribution in [0.15, 0.2) is 83.7 Å². The van der Waals surface area contributed by atoms with E-state index in [-0.39, 0.29) is 5.91 Å². The van der Waals surface area contributed by atoms with Crippen molar-refractivity contribution in [2.24, 2.45) is 0 Å². The molecule has 1 aliphatic heterocycles. The van der Waals surface area contributed by atoms with Crippen LogP contribution in [-0.4, -0.2) is 47.9 Å². The molecule has 0 fully saturated rings. The van der Waals surface area contributed by atoms with Gasteiger partial charge in [0, 0.05) is 24.2 Å². The van der Waals surface area contributed by atoms with Crippen molar-refractivity contribution in [3.63, 3.8) is 0 Å². The van der Waals surface area contributed by atoms with Crippen LogP contribution in [0.3, 0.4) is 0 Å². The van der Waals surface area contributed by atoms with E-state index in [9.17, 15) is 9.90 Å². The van der Waals surface area contributed by atoms with E-state index >= 15 is 0 Å². The van der Waals surface area contributed by atoms with E-state index < -0.39 is 12.1 Å². The van der Waals surface area contributed by atoms with Crippen molar-refractivity contribution in [2.45, 2.75) is 57.7 Å². The van der Waals surface area contributed by atoms with E-state index in [4.69, 9.17) is 13.9 Å². The van der Waals surface area contributed by atoms with Crippen LogP contribution in [0.25, 0.3) is 11.3 Å². The van der Waals surface area contributed by atoms with Crippen molar-refractivity contribution in [1.82, 2.24) is 15.6 Å². The van der Waals surface area contributed by atoms with Gasteiger partial charge < -0.3 is 29.6 Å². The van der Waals surface area contributed by atoms with E-state index in [1.165, 1.54) is 12.0 Å². The van der Waals surface area contributed by atoms with Crippen LogP contribution in [0.4, 0.5) is 0 Å². The molecule has 8 nitrogen and oxygen atoms in total. The monoisotopic (exact) mass is 569 g/mol. The molecule has 220 valence electrons. The number of carbonyl (C=O) groups is 1. The minimum absolute atomic E-state index is 0.305. The van der Waals surface area contributed by atoms with Gasteiger partial charge >= 0.3 is 0 Å². The van der Waals surface area contributed by atoms with Crippen molar-refractivity contribution in [3.05, 3.63) is 102 Å². The van der Waals surface area contributed by atoms with E-state index in [1.807, 2.05) is 30.3 Å². The highest BCUT2D eigenvalue weighted by molar-refractivity contribution is 5.96. The summed E-state index contributed by atoms with van der Waals surface area (Å²) in [5.41, 5.74) is 4.50. The summed E-state index contributed by atoms with van der Waals surface area (Å²) in [7, 11) is 0. The number of aliphatic hydroxyl groups is 1. The van der Waals surface area contributed by atoms with Gasteiger partial charge in [0.05, 0.1) is 31.6 Å². The molecule has 1 amide bonds. The average Bonchev–Trinajstić information content (AvgIpc) is 3.54. The average molecular weight is 570 g/mol. The Morgan fingerprint density at radius 3 is 2.55 bits per heavy atom. The minimum atomic E-state index is -0.848. The van der Waals surface area contributed by atoms with Crippen molar-refractivity contribution >= 4 is 5.91 Å². The summed E-state index contributed by atoms with van der Waals surface area (Å²) in [5, 5.41) is 17.8. The predicted molar refractivity (Wildman–Crippen MR) is 162 cm³/mol. The molecule has 1 aromatic heterocycles. The molecule has 4 aromatic rings. The van der Waals surface area contributed by atoms with Gasteiger partial charge in [-0.05, 0) is 72.2 Å². The molecular formula is C34H39N3O5. The van der Waals surface area contributed by atoms with E-state index in [0.29, 0.717) is 61.3 Å². The Labute approximate surface area is 247 Å². The fraction of sp³-hybridized carbons (Fsp3) is 0.353. The lowest BCUT2D eigenvalue weighted by molar-refractivity contribution is 0.0829. The van der Waals surface area contributed by atoms with E-state index in [2.05, 4.69) is 53.7 Å². The summed E-state index contributed by atoms with van der Waals surface area (Å²) in [6.45, 7) is 6.32. The van der Waals surface area contributed by atoms with Crippen LogP contribution in [-0.2, 0) is 13.0 Å². The van der Waals surface area contributed by atoms with Gasteiger partial charge in [-0.2, -0.15) is 0 Å². The zero-order chi connectivity index (χ0) is 29.3. The molecule has 0 unspecified atom stereocenters. The van der Waals surface area contributed by atoms with Crippen molar-refractivity contribution in [2.75, 3.05) is 19.8 Å². The zero-order valence-corrected chi connectivity index (χ0v) is 24.2. The lowest BCUT2D eigenvalue weighted by atomic mass is 9.99. The topological polar surface area (TPSA) is 106 Å². The number of rotatable bonds is 7. The third kappa shape index (κ3) is 7.99. The fourth-order valence-electron chi connectivity index (χ4n) is 5.02. The van der Waals surface area contributed by atoms with Crippen LogP contribution in [0.1, 0.15) is 59.7 Å². The molecule has 8 heteroatoms. The number of nitrogens with zero attached hydrogens (tertiary/aromatic N) is 1. The third-order valence-electron chi connectivity index (χ3n) is 7.40. The van der Waals surface area contributed by atoms with Gasteiger partial charge in [-0.3, -0.25) is 4.79 Å². The quantitative estimate of drug-likeness (QED) is 0.270. The molecule has 0 aliphatic carbocycles. The van der Waals surface area contributed by atoms with Gasteiger partial charge in [0.1, 0.15) is 11.5 Å². The first-order valence-corrected chi connectivity index (χ1v) is 14.6. The Morgan fingerprint density at radius 1 is 0.976 bits per heavy atom. The highest BCUT2D eigenvalue weighted by atomic mass is 16.5. The SMILES string of the molecule is CC(C)c1cccc(CNC[C@@H](O)[C@@H]2Cc3cccc(c3)OCCCCOc3cc(cc(-c4cnco4)c3)C(=O)N2)c1. The zero-order valence-electron chi connectivity index (χ0n) is 24.2. The van der Waals surface area contributed by atoms with Gasteiger partial charge in [-0.25, -0.2) is 4.98 Å². The normalized spacial score (nSPS) is 16.8. The number of aliphatic hydroxyl groups excluding tert-OH is 1. The lowest BCUT2D eigenvalue weighted by Crippen LogP contribution is -2.48. The maximum atomic E-state index is 13.7. The molecule has 2 atom stereocenters. The summed E-state index contributed by atoms with van der Waals surface area (Å²) in [6.07, 6.45) is 4.17. The molecule has 5 rings (SSSR count). The molecule has 4 bridgehead atoms. The second kappa shape index (κ2) is 14.2. The first kappa shape index (κ1) is 29.4. The number of nitrogens with one attached hydrogen (secondary N) is 2. The van der Waals surface area contributed by atoms with Gasteiger partial charge in [-0.1, -0.05) is 50.2 Å². The van der Waals surface area contributed by atoms with Crippen LogP contribution in [0, 0.1) is 0 Å². The number of hydrogen-bond donors (Lipinski definition) is 3. The molecule has 2 heterocycles. The Kier molecular flexibility index (Phi) is 9.90. The van der Waals surface area contributed by atoms with Gasteiger partial charge in [-0.15, -0.1) is 0 Å². The van der Waals surface area contributed by atoms with Crippen LogP contribution >= 0.6 is 0 Å². The first-order chi connectivity index (χ1) is 20.4. The fourth-order valence-corrected chi connectivity index (χ4v) is 5.02.